The number of pyridine rings is 1. The first-order valence-corrected chi connectivity index (χ1v) is 10.7. The minimum absolute atomic E-state index is 0.114. The fraction of sp³-hybridized carbons (Fsp3) is 0.400. The van der Waals surface area contributed by atoms with Crippen LogP contribution in [-0.2, 0) is 16.2 Å². The van der Waals surface area contributed by atoms with Gasteiger partial charge in [0.1, 0.15) is 0 Å². The maximum Gasteiger partial charge on any atom is 0.417 e. The fourth-order valence-electron chi connectivity index (χ4n) is 3.67. The molecule has 3 atom stereocenters. The molecule has 0 unspecified atom stereocenters. The van der Waals surface area contributed by atoms with Crippen LogP contribution in [0.25, 0.3) is 0 Å². The minimum Gasteiger partial charge on any atom is -0.240 e. The first-order chi connectivity index (χ1) is 13.6. The lowest BCUT2D eigenvalue weighted by Crippen LogP contribution is -2.45. The maximum absolute atomic E-state index is 13.2. The average molecular weight is 423 g/mol. The number of hydrogen-bond acceptors (Lipinski definition) is 4. The van der Waals surface area contributed by atoms with Crippen LogP contribution in [-0.4, -0.2) is 36.5 Å². The predicted molar refractivity (Wildman–Crippen MR) is 102 cm³/mol. The Morgan fingerprint density at radius 2 is 1.83 bits per heavy atom. The van der Waals surface area contributed by atoms with Gasteiger partial charge in [-0.05, 0) is 55.9 Å². The summed E-state index contributed by atoms with van der Waals surface area (Å²) in [6.07, 6.45) is -0.595. The molecule has 2 aromatic rings. The number of nitrogens with zero attached hydrogens (tertiary/aromatic N) is 3. The average Bonchev–Trinajstić information content (AvgIpc) is 3.44. The first kappa shape index (κ1) is 20.0. The summed E-state index contributed by atoms with van der Waals surface area (Å²) in [7, 11) is -3.69. The van der Waals surface area contributed by atoms with Gasteiger partial charge < -0.3 is 0 Å². The number of piperidine rings is 1. The number of aliphatic imine (C=N–C) groups is 1. The Morgan fingerprint density at radius 3 is 2.45 bits per heavy atom. The molecular weight excluding hydrogens is 403 g/mol. The molecule has 1 saturated heterocycles. The summed E-state index contributed by atoms with van der Waals surface area (Å²) in [6, 6.07) is 8.34. The number of aryl methyl sites for hydroxylation is 1. The summed E-state index contributed by atoms with van der Waals surface area (Å²) in [5.74, 6) is 0.948. The molecule has 1 aromatic heterocycles. The van der Waals surface area contributed by atoms with Gasteiger partial charge >= 0.3 is 6.18 Å². The van der Waals surface area contributed by atoms with Gasteiger partial charge in [-0.25, -0.2) is 18.4 Å². The molecule has 1 aliphatic heterocycles. The molecule has 5 nitrogen and oxygen atoms in total. The quantitative estimate of drug-likeness (QED) is 0.692. The molecule has 0 N–H and O–H groups in total. The molecule has 2 fully saturated rings. The Morgan fingerprint density at radius 1 is 1.10 bits per heavy atom. The standard InChI is InChI=1S/C20H20F3N3O2S/c1-13-2-5-18(6-3-13)29(27,28)26-12-15-8-14(15)9-17(26)11-25-19-7-4-16(10-24-19)20(21,22)23/h2-7,10-11,14-15,17H,8-9,12H2,1H3/b25-11+/t14-,15+,17+/m1/s1. The molecule has 1 aromatic carbocycles. The van der Waals surface area contributed by atoms with Gasteiger partial charge in [-0.1, -0.05) is 17.7 Å². The van der Waals surface area contributed by atoms with Gasteiger partial charge in [-0.2, -0.15) is 17.5 Å². The van der Waals surface area contributed by atoms with Crippen molar-refractivity contribution in [3.05, 3.63) is 53.7 Å². The third-order valence-electron chi connectivity index (χ3n) is 5.48. The molecule has 29 heavy (non-hydrogen) atoms. The summed E-state index contributed by atoms with van der Waals surface area (Å²) in [4.78, 5) is 8.13. The van der Waals surface area contributed by atoms with Crippen LogP contribution in [0.4, 0.5) is 19.0 Å². The van der Waals surface area contributed by atoms with Crippen molar-refractivity contribution in [1.82, 2.24) is 9.29 Å². The van der Waals surface area contributed by atoms with E-state index in [2.05, 4.69) is 9.98 Å². The van der Waals surface area contributed by atoms with Crippen LogP contribution in [0, 0.1) is 18.8 Å². The largest absolute Gasteiger partial charge is 0.417 e. The topological polar surface area (TPSA) is 62.6 Å². The second-order valence-corrected chi connectivity index (χ2v) is 9.52. The zero-order chi connectivity index (χ0) is 20.8. The highest BCUT2D eigenvalue weighted by molar-refractivity contribution is 7.89. The van der Waals surface area contributed by atoms with E-state index in [4.69, 9.17) is 0 Å². The summed E-state index contributed by atoms with van der Waals surface area (Å²) >= 11 is 0. The lowest BCUT2D eigenvalue weighted by molar-refractivity contribution is -0.137. The Balaban J connectivity index is 1.57. The van der Waals surface area contributed by atoms with Gasteiger partial charge in [-0.15, -0.1) is 0 Å². The normalized spacial score (nSPS) is 25.2. The number of alkyl halides is 3. The molecule has 154 valence electrons. The third kappa shape index (κ3) is 4.20. The second kappa shape index (κ2) is 7.21. The van der Waals surface area contributed by atoms with Crippen molar-refractivity contribution >= 4 is 22.1 Å². The van der Waals surface area contributed by atoms with Crippen LogP contribution in [0.2, 0.25) is 0 Å². The molecule has 2 aliphatic rings. The summed E-state index contributed by atoms with van der Waals surface area (Å²) < 4.78 is 65.8. The van der Waals surface area contributed by atoms with Crippen molar-refractivity contribution in [3.63, 3.8) is 0 Å². The maximum atomic E-state index is 13.2. The van der Waals surface area contributed by atoms with Crippen LogP contribution in [0.5, 0.6) is 0 Å². The molecule has 2 heterocycles. The van der Waals surface area contributed by atoms with Crippen LogP contribution in [0.15, 0.2) is 52.5 Å². The zero-order valence-corrected chi connectivity index (χ0v) is 16.5. The van der Waals surface area contributed by atoms with E-state index >= 15 is 0 Å². The lowest BCUT2D eigenvalue weighted by atomic mass is 10.1. The van der Waals surface area contributed by atoms with Gasteiger partial charge in [-0.3, -0.25) is 0 Å². The Bertz CT molecular complexity index is 1020. The molecule has 9 heteroatoms. The molecular formula is C20H20F3N3O2S. The lowest BCUT2D eigenvalue weighted by Gasteiger charge is -2.32. The summed E-state index contributed by atoms with van der Waals surface area (Å²) in [5.41, 5.74) is 0.120. The number of aromatic nitrogens is 1. The molecule has 0 radical (unpaired) electrons. The summed E-state index contributed by atoms with van der Waals surface area (Å²) in [5, 5.41) is 0. The van der Waals surface area contributed by atoms with Gasteiger partial charge in [0, 0.05) is 19.0 Å². The van der Waals surface area contributed by atoms with E-state index in [-0.39, 0.29) is 10.7 Å². The zero-order valence-electron chi connectivity index (χ0n) is 15.7. The van der Waals surface area contributed by atoms with Gasteiger partial charge in [0.25, 0.3) is 0 Å². The van der Waals surface area contributed by atoms with E-state index in [1.54, 1.807) is 24.3 Å². The molecule has 1 saturated carbocycles. The number of fused-ring (bicyclic) bond motifs is 1. The monoisotopic (exact) mass is 423 g/mol. The third-order valence-corrected chi connectivity index (χ3v) is 7.38. The van der Waals surface area contributed by atoms with E-state index in [1.165, 1.54) is 16.6 Å². The van der Waals surface area contributed by atoms with E-state index in [0.29, 0.717) is 24.8 Å². The smallest absolute Gasteiger partial charge is 0.240 e. The Hall–Kier alpha value is -2.26. The molecule has 0 amide bonds. The predicted octanol–water partition coefficient (Wildman–Crippen LogP) is 4.21. The Kier molecular flexibility index (Phi) is 4.98. The number of hydrogen-bond donors (Lipinski definition) is 0. The number of rotatable bonds is 4. The molecule has 4 rings (SSSR count). The fourth-order valence-corrected chi connectivity index (χ4v) is 5.30. The van der Waals surface area contributed by atoms with Crippen molar-refractivity contribution < 1.29 is 21.6 Å². The highest BCUT2D eigenvalue weighted by Crippen LogP contribution is 2.48. The van der Waals surface area contributed by atoms with Gasteiger partial charge in [0.15, 0.2) is 5.82 Å². The highest BCUT2D eigenvalue weighted by Gasteiger charge is 2.48. The molecule has 0 bridgehead atoms. The van der Waals surface area contributed by atoms with Crippen LogP contribution in [0.1, 0.15) is 24.0 Å². The van der Waals surface area contributed by atoms with Gasteiger partial charge in [0.2, 0.25) is 10.0 Å². The second-order valence-electron chi connectivity index (χ2n) is 7.63. The minimum atomic E-state index is -4.46. The van der Waals surface area contributed by atoms with Crippen molar-refractivity contribution in [3.8, 4) is 0 Å². The van der Waals surface area contributed by atoms with E-state index < -0.39 is 27.8 Å². The molecule has 0 spiro atoms. The highest BCUT2D eigenvalue weighted by atomic mass is 32.2. The van der Waals surface area contributed by atoms with E-state index in [0.717, 1.165) is 24.2 Å². The first-order valence-electron chi connectivity index (χ1n) is 9.30. The number of benzene rings is 1. The van der Waals surface area contributed by atoms with Gasteiger partial charge in [0.05, 0.1) is 16.5 Å². The molecule has 1 aliphatic carbocycles. The van der Waals surface area contributed by atoms with Crippen molar-refractivity contribution in [2.75, 3.05) is 6.54 Å². The van der Waals surface area contributed by atoms with Crippen LogP contribution in [0.3, 0.4) is 0 Å². The SMILES string of the molecule is Cc1ccc(S(=O)(=O)N2C[C@@H]3C[C@@H]3C[C@H]2/C=N/c2ccc(C(F)(F)F)cn2)cc1. The number of halogens is 3. The van der Waals surface area contributed by atoms with Crippen LogP contribution < -0.4 is 0 Å². The van der Waals surface area contributed by atoms with Crippen LogP contribution >= 0.6 is 0 Å². The van der Waals surface area contributed by atoms with E-state index in [9.17, 15) is 21.6 Å². The number of sulfonamides is 1. The van der Waals surface area contributed by atoms with Crippen molar-refractivity contribution in [2.24, 2.45) is 16.8 Å². The van der Waals surface area contributed by atoms with E-state index in [1.807, 2.05) is 6.92 Å². The Labute approximate surface area is 167 Å². The van der Waals surface area contributed by atoms with Crippen molar-refractivity contribution in [2.45, 2.75) is 36.9 Å². The van der Waals surface area contributed by atoms with Crippen molar-refractivity contribution in [1.29, 1.82) is 0 Å². The summed E-state index contributed by atoms with van der Waals surface area (Å²) in [6.45, 7) is 2.32.